The highest BCUT2D eigenvalue weighted by Crippen LogP contribution is 2.31. The van der Waals surface area contributed by atoms with Gasteiger partial charge in [0, 0.05) is 44.5 Å². The van der Waals surface area contributed by atoms with Crippen molar-refractivity contribution >= 4 is 5.78 Å². The Hall–Kier alpha value is -2.03. The Bertz CT molecular complexity index is 769. The number of piperidine rings is 1. The first kappa shape index (κ1) is 18.0. The van der Waals surface area contributed by atoms with Gasteiger partial charge in [-0.25, -0.2) is 0 Å². The van der Waals surface area contributed by atoms with E-state index in [9.17, 15) is 9.70 Å². The second-order valence-electron chi connectivity index (χ2n) is 8.14. The van der Waals surface area contributed by atoms with Crippen LogP contribution >= 0.6 is 0 Å². The zero-order valence-electron chi connectivity index (χ0n) is 16.0. The number of carbonyl (C=O) groups is 1. The number of hydrazine groups is 2. The van der Waals surface area contributed by atoms with Crippen LogP contribution in [0.2, 0.25) is 0 Å². The Morgan fingerprint density at radius 2 is 1.89 bits per heavy atom. The lowest BCUT2D eigenvalue weighted by Crippen LogP contribution is -2.49. The van der Waals surface area contributed by atoms with Crippen molar-refractivity contribution in [3.63, 3.8) is 0 Å². The fourth-order valence-electron chi connectivity index (χ4n) is 5.01. The van der Waals surface area contributed by atoms with Gasteiger partial charge in [-0.05, 0) is 12.0 Å². The number of likely N-dealkylation sites (tertiary alicyclic amines) is 1. The van der Waals surface area contributed by atoms with Gasteiger partial charge >= 0.3 is 0 Å². The summed E-state index contributed by atoms with van der Waals surface area (Å²) in [5.41, 5.74) is 4.71. The first-order valence-electron chi connectivity index (χ1n) is 10.3. The van der Waals surface area contributed by atoms with Gasteiger partial charge in [-0.2, -0.15) is 0 Å². The number of nitrogens with one attached hydrogen (secondary N) is 1. The first-order chi connectivity index (χ1) is 13.7. The van der Waals surface area contributed by atoms with Crippen LogP contribution in [-0.4, -0.2) is 77.9 Å². The number of benzene rings is 1. The van der Waals surface area contributed by atoms with E-state index < -0.39 is 6.04 Å². The summed E-state index contributed by atoms with van der Waals surface area (Å²) in [4.78, 5) is 28.6. The van der Waals surface area contributed by atoms with Crippen molar-refractivity contribution in [2.45, 2.75) is 43.6 Å². The molecule has 5 rings (SSSR count). The molecule has 1 aliphatic carbocycles. The molecule has 1 spiro atoms. The first-order valence-corrected chi connectivity index (χ1v) is 10.3. The highest BCUT2D eigenvalue weighted by Gasteiger charge is 2.53. The van der Waals surface area contributed by atoms with Gasteiger partial charge in [0.1, 0.15) is 6.04 Å². The quantitative estimate of drug-likeness (QED) is 0.770. The number of rotatable bonds is 4. The summed E-state index contributed by atoms with van der Waals surface area (Å²) in [6, 6.07) is 7.13. The Morgan fingerprint density at radius 1 is 1.14 bits per heavy atom. The van der Waals surface area contributed by atoms with Crippen molar-refractivity contribution in [1.82, 2.24) is 15.3 Å². The minimum absolute atomic E-state index is 0.0492. The molecule has 3 aliphatic heterocycles. The lowest BCUT2D eigenvalue weighted by atomic mass is 9.84. The SMILES string of the molecule is O=C1c2ccccc2CC2N[N+](=O)N(CCCN3CCC4(CC3)OCCO4)C12. The molecule has 8 heteroatoms. The van der Waals surface area contributed by atoms with Crippen LogP contribution in [0.15, 0.2) is 24.3 Å². The smallest absolute Gasteiger partial charge is 0.249 e. The average Bonchev–Trinajstić information content (AvgIpc) is 3.28. The third kappa shape index (κ3) is 3.09. The number of nitroso groups, excluding NO2 is 1. The molecule has 3 heterocycles. The summed E-state index contributed by atoms with van der Waals surface area (Å²) >= 11 is 0. The molecule has 1 aromatic rings. The maximum Gasteiger partial charge on any atom is 0.249 e. The van der Waals surface area contributed by atoms with Crippen LogP contribution in [0.25, 0.3) is 0 Å². The third-order valence-electron chi connectivity index (χ3n) is 6.50. The number of ketones is 1. The molecular formula is C20H27N4O4+. The second-order valence-corrected chi connectivity index (χ2v) is 8.14. The zero-order valence-corrected chi connectivity index (χ0v) is 16.0. The second kappa shape index (κ2) is 7.09. The van der Waals surface area contributed by atoms with Crippen molar-refractivity contribution in [1.29, 1.82) is 0 Å². The monoisotopic (exact) mass is 387 g/mol. The molecule has 0 radical (unpaired) electrons. The van der Waals surface area contributed by atoms with Gasteiger partial charge in [-0.3, -0.25) is 4.79 Å². The summed E-state index contributed by atoms with van der Waals surface area (Å²) in [5, 5.41) is 1.66. The molecular weight excluding hydrogens is 360 g/mol. The van der Waals surface area contributed by atoms with Gasteiger partial charge in [0.2, 0.25) is 4.98 Å². The van der Waals surface area contributed by atoms with Gasteiger partial charge in [-0.15, -0.1) is 5.43 Å². The van der Waals surface area contributed by atoms with Crippen molar-refractivity contribution < 1.29 is 19.2 Å². The van der Waals surface area contributed by atoms with E-state index in [0.29, 0.717) is 26.2 Å². The van der Waals surface area contributed by atoms with E-state index in [2.05, 4.69) is 10.3 Å². The molecule has 1 aromatic carbocycles. The van der Waals surface area contributed by atoms with Gasteiger partial charge in [0.05, 0.1) is 24.7 Å². The summed E-state index contributed by atoms with van der Waals surface area (Å²) in [6.07, 6.45) is 3.33. The molecule has 3 saturated heterocycles. The molecule has 0 amide bonds. The number of carbonyl (C=O) groups excluding carboxylic acids is 1. The molecule has 1 N–H and O–H groups in total. The molecule has 0 saturated carbocycles. The molecule has 0 aromatic heterocycles. The molecule has 3 fully saturated rings. The van der Waals surface area contributed by atoms with Gasteiger partial charge in [0.25, 0.3) is 0 Å². The van der Waals surface area contributed by atoms with Crippen molar-refractivity contribution in [3.8, 4) is 0 Å². The largest absolute Gasteiger partial charge is 0.347 e. The molecule has 0 bridgehead atoms. The molecule has 150 valence electrons. The minimum atomic E-state index is -0.405. The Kier molecular flexibility index (Phi) is 4.57. The summed E-state index contributed by atoms with van der Waals surface area (Å²) < 4.78 is 11.6. The maximum atomic E-state index is 13.0. The van der Waals surface area contributed by atoms with Crippen molar-refractivity contribution in [2.75, 3.05) is 39.4 Å². The van der Waals surface area contributed by atoms with Crippen LogP contribution in [0.3, 0.4) is 0 Å². The van der Waals surface area contributed by atoms with Crippen LogP contribution in [0.1, 0.15) is 35.2 Å². The van der Waals surface area contributed by atoms with Crippen LogP contribution in [-0.2, 0) is 15.9 Å². The number of ether oxygens (including phenoxy) is 2. The van der Waals surface area contributed by atoms with E-state index >= 15 is 0 Å². The van der Waals surface area contributed by atoms with Crippen LogP contribution in [0.5, 0.6) is 0 Å². The summed E-state index contributed by atoms with van der Waals surface area (Å²) in [7, 11) is 0. The van der Waals surface area contributed by atoms with Crippen LogP contribution < -0.4 is 5.43 Å². The zero-order chi connectivity index (χ0) is 19.1. The van der Waals surface area contributed by atoms with E-state index in [1.165, 1.54) is 0 Å². The number of hydrogen-bond acceptors (Lipinski definition) is 5. The number of nitrogens with zero attached hydrogens (tertiary/aromatic N) is 3. The lowest BCUT2D eigenvalue weighted by molar-refractivity contribution is -0.733. The Morgan fingerprint density at radius 3 is 2.68 bits per heavy atom. The number of fused-ring (bicyclic) bond motifs is 2. The molecule has 2 unspecified atom stereocenters. The van der Waals surface area contributed by atoms with E-state index in [4.69, 9.17) is 9.47 Å². The van der Waals surface area contributed by atoms with Crippen molar-refractivity contribution in [3.05, 3.63) is 40.3 Å². The normalized spacial score (nSPS) is 29.1. The highest BCUT2D eigenvalue weighted by molar-refractivity contribution is 6.03. The lowest BCUT2D eigenvalue weighted by Gasteiger charge is -2.37. The Balaban J connectivity index is 1.17. The fourth-order valence-corrected chi connectivity index (χ4v) is 5.01. The predicted octanol–water partition coefficient (Wildman–Crippen LogP) is 0.906. The highest BCUT2D eigenvalue weighted by atomic mass is 16.7. The average molecular weight is 387 g/mol. The van der Waals surface area contributed by atoms with Gasteiger partial charge in [-0.1, -0.05) is 29.3 Å². The molecule has 2 atom stereocenters. The molecule has 28 heavy (non-hydrogen) atoms. The third-order valence-corrected chi connectivity index (χ3v) is 6.50. The van der Waals surface area contributed by atoms with E-state index in [-0.39, 0.29) is 17.6 Å². The molecule has 8 nitrogen and oxygen atoms in total. The predicted molar refractivity (Wildman–Crippen MR) is 100 cm³/mol. The Labute approximate surface area is 164 Å². The van der Waals surface area contributed by atoms with Gasteiger partial charge in [0.15, 0.2) is 17.6 Å². The fraction of sp³-hybridized carbons (Fsp3) is 0.650. The maximum absolute atomic E-state index is 13.0. The van der Waals surface area contributed by atoms with Crippen LogP contribution in [0, 0.1) is 4.91 Å². The number of hydrogen-bond donors (Lipinski definition) is 1. The van der Waals surface area contributed by atoms with Gasteiger partial charge < -0.3 is 14.4 Å². The standard InChI is InChI=1S/C20H27N4O4/c25-19-16-5-2-1-4-15(16)14-17-18(19)23(24(26)21-17)9-3-8-22-10-6-20(7-11-22)27-12-13-28-20/h1-2,4-5,17-18H,3,6-14H2,(H,21,26)/q+1. The van der Waals surface area contributed by atoms with Crippen LogP contribution in [0.4, 0.5) is 0 Å². The topological polar surface area (TPSA) is 74.1 Å². The van der Waals surface area contributed by atoms with E-state index in [0.717, 1.165) is 55.0 Å². The minimum Gasteiger partial charge on any atom is -0.347 e. The summed E-state index contributed by atoms with van der Waals surface area (Å²) in [5.74, 6) is -0.302. The molecule has 4 aliphatic rings. The van der Waals surface area contributed by atoms with E-state index in [1.807, 2.05) is 24.3 Å². The van der Waals surface area contributed by atoms with E-state index in [1.54, 1.807) is 5.01 Å². The summed E-state index contributed by atoms with van der Waals surface area (Å²) in [6.45, 7) is 4.75. The number of Topliss-reactive ketones (excluding diaryl/α,β-unsaturated/α-hetero) is 1. The van der Waals surface area contributed by atoms with Crippen molar-refractivity contribution in [2.24, 2.45) is 0 Å².